The number of hydrogen-bond acceptors (Lipinski definition) is 7. The molecule has 0 aliphatic carbocycles. The molecular weight excluding hydrogens is 454 g/mol. The Morgan fingerprint density at radius 3 is 2.37 bits per heavy atom. The van der Waals surface area contributed by atoms with Gasteiger partial charge in [0, 0.05) is 32.3 Å². The number of benzene rings is 1. The van der Waals surface area contributed by atoms with Crippen LogP contribution < -0.4 is 10.1 Å². The zero-order valence-corrected chi connectivity index (χ0v) is 21.0. The summed E-state index contributed by atoms with van der Waals surface area (Å²) in [5, 5.41) is 12.6. The molecule has 4 atom stereocenters. The number of carbonyl (C=O) groups excluding carboxylic acids is 3. The number of aliphatic carboxylic acids is 1. The van der Waals surface area contributed by atoms with Crippen molar-refractivity contribution in [3.05, 3.63) is 41.5 Å². The Bertz CT molecular complexity index is 965. The fraction of sp³-hybridized carbons (Fsp3) is 0.538. The topological polar surface area (TPSA) is 128 Å². The average molecular weight is 490 g/mol. The van der Waals surface area contributed by atoms with E-state index in [9.17, 15) is 24.3 Å². The summed E-state index contributed by atoms with van der Waals surface area (Å²) in [4.78, 5) is 47.8. The highest BCUT2D eigenvalue weighted by molar-refractivity contribution is 5.95. The lowest BCUT2D eigenvalue weighted by Gasteiger charge is -2.42. The lowest BCUT2D eigenvalue weighted by molar-refractivity contribution is -0.196. The third-order valence-electron chi connectivity index (χ3n) is 6.17. The summed E-state index contributed by atoms with van der Waals surface area (Å²) in [5.41, 5.74) is 0.287. The van der Waals surface area contributed by atoms with Gasteiger partial charge in [-0.05, 0) is 55.9 Å². The van der Waals surface area contributed by atoms with Crippen LogP contribution in [0.5, 0.6) is 5.75 Å². The maximum Gasteiger partial charge on any atom is 0.336 e. The molecule has 1 aromatic carbocycles. The van der Waals surface area contributed by atoms with Gasteiger partial charge < -0.3 is 24.6 Å². The molecule has 35 heavy (non-hydrogen) atoms. The number of carboxylic acid groups (broad SMARTS) is 1. The number of esters is 2. The van der Waals surface area contributed by atoms with Crippen molar-refractivity contribution < 1.29 is 38.5 Å². The second-order valence-electron chi connectivity index (χ2n) is 9.17. The minimum absolute atomic E-state index is 0.0241. The van der Waals surface area contributed by atoms with Gasteiger partial charge in [0.1, 0.15) is 11.9 Å². The maximum atomic E-state index is 12.8. The van der Waals surface area contributed by atoms with Crippen molar-refractivity contribution in [2.75, 3.05) is 6.54 Å². The normalized spacial score (nSPS) is 22.5. The van der Waals surface area contributed by atoms with E-state index < -0.39 is 35.7 Å². The Labute approximate surface area is 205 Å². The Balaban J connectivity index is 2.14. The average Bonchev–Trinajstić information content (AvgIpc) is 2.76. The van der Waals surface area contributed by atoms with Crippen molar-refractivity contribution in [2.45, 2.75) is 78.1 Å². The molecule has 9 nitrogen and oxygen atoms in total. The smallest absolute Gasteiger partial charge is 0.336 e. The van der Waals surface area contributed by atoms with Gasteiger partial charge in [-0.25, -0.2) is 4.79 Å². The van der Waals surface area contributed by atoms with Gasteiger partial charge in [-0.3, -0.25) is 14.4 Å². The largest absolute Gasteiger partial charge is 0.479 e. The van der Waals surface area contributed by atoms with E-state index in [4.69, 9.17) is 14.2 Å². The van der Waals surface area contributed by atoms with Crippen LogP contribution in [0.3, 0.4) is 0 Å². The van der Waals surface area contributed by atoms with Crippen molar-refractivity contribution in [3.63, 3.8) is 0 Å². The summed E-state index contributed by atoms with van der Waals surface area (Å²) < 4.78 is 16.7. The first-order valence-electron chi connectivity index (χ1n) is 11.7. The van der Waals surface area contributed by atoms with Crippen LogP contribution in [0, 0.1) is 19.8 Å². The number of carbonyl (C=O) groups is 4. The summed E-state index contributed by atoms with van der Waals surface area (Å²) in [6.45, 7) is 11.7. The van der Waals surface area contributed by atoms with Crippen LogP contribution in [0.15, 0.2) is 24.8 Å². The van der Waals surface area contributed by atoms with Gasteiger partial charge in [0.25, 0.3) is 5.91 Å². The first kappa shape index (κ1) is 28.0. The van der Waals surface area contributed by atoms with E-state index in [1.54, 1.807) is 26.0 Å². The number of nitrogens with one attached hydrogen (secondary N) is 1. The molecule has 1 fully saturated rings. The number of amides is 1. The summed E-state index contributed by atoms with van der Waals surface area (Å²) in [7, 11) is 0. The first-order chi connectivity index (χ1) is 16.4. The van der Waals surface area contributed by atoms with Gasteiger partial charge in [-0.2, -0.15) is 0 Å². The molecule has 0 saturated carbocycles. The number of carboxylic acids is 1. The van der Waals surface area contributed by atoms with E-state index in [1.807, 2.05) is 6.92 Å². The van der Waals surface area contributed by atoms with Crippen molar-refractivity contribution in [1.29, 1.82) is 0 Å². The molecule has 192 valence electrons. The molecule has 0 aromatic heterocycles. The molecule has 1 aromatic rings. The van der Waals surface area contributed by atoms with Crippen molar-refractivity contribution in [2.24, 2.45) is 5.92 Å². The van der Waals surface area contributed by atoms with Gasteiger partial charge in [0.05, 0.1) is 12.6 Å². The number of ether oxygens (including phenoxy) is 3. The van der Waals surface area contributed by atoms with E-state index in [-0.39, 0.29) is 31.2 Å². The minimum atomic E-state index is -1.36. The van der Waals surface area contributed by atoms with Crippen LogP contribution in [0.1, 0.15) is 67.9 Å². The maximum absolute atomic E-state index is 12.8. The fourth-order valence-corrected chi connectivity index (χ4v) is 4.38. The zero-order valence-electron chi connectivity index (χ0n) is 21.0. The van der Waals surface area contributed by atoms with Crippen LogP contribution in [0.25, 0.3) is 0 Å². The van der Waals surface area contributed by atoms with Crippen LogP contribution in [-0.2, 0) is 23.9 Å². The molecule has 9 heteroatoms. The van der Waals surface area contributed by atoms with Crippen molar-refractivity contribution >= 4 is 23.8 Å². The molecule has 1 heterocycles. The van der Waals surface area contributed by atoms with E-state index in [0.29, 0.717) is 35.3 Å². The molecule has 2 N–H and O–H groups in total. The highest BCUT2D eigenvalue weighted by Gasteiger charge is 2.46. The minimum Gasteiger partial charge on any atom is -0.479 e. The molecule has 1 aliphatic rings. The second kappa shape index (κ2) is 12.0. The molecule has 1 amide bonds. The Morgan fingerprint density at radius 1 is 1.23 bits per heavy atom. The quantitative estimate of drug-likeness (QED) is 0.290. The van der Waals surface area contributed by atoms with Gasteiger partial charge in [0.15, 0.2) is 5.60 Å². The number of aryl methyl sites for hydroxylation is 2. The SMILES string of the molecule is C=CC[C@]1(C(=O)O)CCC(C)C(CC(CNC(=O)c2cc(C)c(OC(C)=O)c(C)c2)OC(C)=O)O1. The van der Waals surface area contributed by atoms with Crippen LogP contribution in [-0.4, -0.2) is 53.3 Å². The van der Waals surface area contributed by atoms with Gasteiger partial charge in [-0.1, -0.05) is 13.0 Å². The molecule has 0 bridgehead atoms. The fourth-order valence-electron chi connectivity index (χ4n) is 4.38. The van der Waals surface area contributed by atoms with Crippen LogP contribution in [0.2, 0.25) is 0 Å². The zero-order chi connectivity index (χ0) is 26.3. The van der Waals surface area contributed by atoms with Crippen LogP contribution >= 0.6 is 0 Å². The standard InChI is InChI=1S/C26H35NO8/c1-7-9-26(25(31)32)10-8-15(2)22(35-26)13-21(33-18(5)28)14-27-24(30)20-11-16(3)23(17(4)12-20)34-19(6)29/h7,11-12,15,21-22H,1,8-10,13-14H2,2-6H3,(H,27,30)(H,31,32)/t15?,21?,22?,26-/m1/s1. The molecular formula is C26H35NO8. The lowest BCUT2D eigenvalue weighted by atomic mass is 9.82. The third kappa shape index (κ3) is 7.39. The molecule has 2 rings (SSSR count). The molecule has 1 aliphatic heterocycles. The summed E-state index contributed by atoms with van der Waals surface area (Å²) >= 11 is 0. The Morgan fingerprint density at radius 2 is 1.86 bits per heavy atom. The third-order valence-corrected chi connectivity index (χ3v) is 6.17. The Kier molecular flexibility index (Phi) is 9.59. The Hall–Kier alpha value is -3.20. The molecule has 3 unspecified atom stereocenters. The highest BCUT2D eigenvalue weighted by atomic mass is 16.6. The molecule has 1 saturated heterocycles. The highest BCUT2D eigenvalue weighted by Crippen LogP contribution is 2.37. The van der Waals surface area contributed by atoms with Crippen molar-refractivity contribution in [1.82, 2.24) is 5.32 Å². The summed E-state index contributed by atoms with van der Waals surface area (Å²) in [5.74, 6) is -1.93. The van der Waals surface area contributed by atoms with Gasteiger partial charge >= 0.3 is 17.9 Å². The molecule has 0 radical (unpaired) electrons. The predicted octanol–water partition coefficient (Wildman–Crippen LogP) is 3.49. The summed E-state index contributed by atoms with van der Waals surface area (Å²) in [6, 6.07) is 3.23. The number of rotatable bonds is 10. The van der Waals surface area contributed by atoms with Gasteiger partial charge in [-0.15, -0.1) is 6.58 Å². The molecule has 0 spiro atoms. The van der Waals surface area contributed by atoms with E-state index in [0.717, 1.165) is 0 Å². The number of hydrogen-bond donors (Lipinski definition) is 2. The second-order valence-corrected chi connectivity index (χ2v) is 9.17. The monoisotopic (exact) mass is 489 g/mol. The van der Waals surface area contributed by atoms with E-state index >= 15 is 0 Å². The predicted molar refractivity (Wildman–Crippen MR) is 128 cm³/mol. The van der Waals surface area contributed by atoms with Gasteiger partial charge in [0.2, 0.25) is 0 Å². The van der Waals surface area contributed by atoms with E-state index in [2.05, 4.69) is 11.9 Å². The summed E-state index contributed by atoms with van der Waals surface area (Å²) in [6.07, 6.45) is 1.74. The van der Waals surface area contributed by atoms with E-state index in [1.165, 1.54) is 19.9 Å². The first-order valence-corrected chi connectivity index (χ1v) is 11.7. The van der Waals surface area contributed by atoms with Crippen LogP contribution in [0.4, 0.5) is 0 Å². The van der Waals surface area contributed by atoms with Crippen molar-refractivity contribution in [3.8, 4) is 5.75 Å². The lowest BCUT2D eigenvalue weighted by Crippen LogP contribution is -2.51.